The summed E-state index contributed by atoms with van der Waals surface area (Å²) in [6.45, 7) is 5.82. The molecule has 0 radical (unpaired) electrons. The molecular weight excluding hydrogens is 366 g/mol. The highest BCUT2D eigenvalue weighted by atomic mass is 16.3. The number of carbonyl (C=O) groups excluding carboxylic acids is 2. The minimum atomic E-state index is -1.89. The van der Waals surface area contributed by atoms with E-state index in [4.69, 9.17) is 4.42 Å². The van der Waals surface area contributed by atoms with Crippen LogP contribution < -0.4 is 4.90 Å². The molecule has 5 nitrogen and oxygen atoms in total. The number of ketones is 1. The third-order valence-electron chi connectivity index (χ3n) is 5.55. The number of aryl methyl sites for hydroxylation is 3. The molecule has 0 fully saturated rings. The molecule has 0 spiro atoms. The summed E-state index contributed by atoms with van der Waals surface area (Å²) in [4.78, 5) is 27.9. The van der Waals surface area contributed by atoms with Crippen molar-refractivity contribution < 1.29 is 19.1 Å². The molecule has 0 saturated heterocycles. The lowest BCUT2D eigenvalue weighted by atomic mass is 9.87. The number of fused-ring (bicyclic) bond motifs is 1. The predicted molar refractivity (Wildman–Crippen MR) is 110 cm³/mol. The van der Waals surface area contributed by atoms with Gasteiger partial charge in [0.15, 0.2) is 11.4 Å². The van der Waals surface area contributed by atoms with Gasteiger partial charge in [0.05, 0.1) is 30.5 Å². The van der Waals surface area contributed by atoms with Gasteiger partial charge in [-0.3, -0.25) is 9.59 Å². The number of aliphatic hydroxyl groups is 1. The Bertz CT molecular complexity index is 1080. The Balaban J connectivity index is 1.69. The van der Waals surface area contributed by atoms with Crippen molar-refractivity contribution in [2.75, 3.05) is 4.90 Å². The van der Waals surface area contributed by atoms with Gasteiger partial charge < -0.3 is 14.4 Å². The van der Waals surface area contributed by atoms with E-state index < -0.39 is 11.5 Å². The Hall–Kier alpha value is -3.18. The lowest BCUT2D eigenvalue weighted by Crippen LogP contribution is -2.41. The van der Waals surface area contributed by atoms with E-state index in [1.54, 1.807) is 36.9 Å². The molecule has 1 amide bonds. The second-order valence-corrected chi connectivity index (χ2v) is 7.70. The molecule has 0 saturated carbocycles. The van der Waals surface area contributed by atoms with Gasteiger partial charge in [-0.05, 0) is 38.0 Å². The van der Waals surface area contributed by atoms with Gasteiger partial charge in [-0.15, -0.1) is 0 Å². The normalized spacial score (nSPS) is 18.2. The van der Waals surface area contributed by atoms with Crippen LogP contribution in [0.5, 0.6) is 0 Å². The second kappa shape index (κ2) is 7.01. The average molecular weight is 389 g/mol. The third kappa shape index (κ3) is 3.17. The zero-order chi connectivity index (χ0) is 20.8. The first kappa shape index (κ1) is 19.2. The summed E-state index contributed by atoms with van der Waals surface area (Å²) < 4.78 is 5.32. The number of benzene rings is 2. The van der Waals surface area contributed by atoms with Crippen molar-refractivity contribution in [2.24, 2.45) is 0 Å². The molecular formula is C24H23NO4. The molecule has 1 N–H and O–H groups in total. The summed E-state index contributed by atoms with van der Waals surface area (Å²) in [5.74, 6) is -0.297. The molecule has 2 heterocycles. The highest BCUT2D eigenvalue weighted by Gasteiger charge is 2.51. The standard InChI is InChI=1S/C24H23NO4/c1-15-8-10-18(11-9-15)13-25-20-7-5-4-6-19(20)24(28,23(25)27)12-21(26)22-16(2)14-29-17(22)3/h4-11,14,28H,12-13H2,1-3H3. The quantitative estimate of drug-likeness (QED) is 0.664. The summed E-state index contributed by atoms with van der Waals surface area (Å²) in [5, 5.41) is 11.4. The van der Waals surface area contributed by atoms with Crippen LogP contribution in [0.4, 0.5) is 5.69 Å². The minimum Gasteiger partial charge on any atom is -0.469 e. The largest absolute Gasteiger partial charge is 0.469 e. The number of nitrogens with zero attached hydrogens (tertiary/aromatic N) is 1. The summed E-state index contributed by atoms with van der Waals surface area (Å²) in [7, 11) is 0. The van der Waals surface area contributed by atoms with Crippen LogP contribution in [-0.4, -0.2) is 16.8 Å². The van der Waals surface area contributed by atoms with Crippen LogP contribution in [0.25, 0.3) is 0 Å². The number of para-hydroxylation sites is 1. The van der Waals surface area contributed by atoms with Gasteiger partial charge in [-0.25, -0.2) is 0 Å². The molecule has 1 aliphatic heterocycles. The van der Waals surface area contributed by atoms with E-state index in [1.165, 1.54) is 6.26 Å². The van der Waals surface area contributed by atoms with Crippen molar-refractivity contribution >= 4 is 17.4 Å². The Morgan fingerprint density at radius 3 is 2.41 bits per heavy atom. The number of amides is 1. The molecule has 1 atom stereocenters. The second-order valence-electron chi connectivity index (χ2n) is 7.70. The number of Topliss-reactive ketones (excluding diaryl/α,β-unsaturated/α-hetero) is 1. The summed E-state index contributed by atoms with van der Waals surface area (Å²) in [6, 6.07) is 15.0. The van der Waals surface area contributed by atoms with Crippen LogP contribution >= 0.6 is 0 Å². The molecule has 148 valence electrons. The van der Waals surface area contributed by atoms with Crippen molar-refractivity contribution in [1.29, 1.82) is 0 Å². The first-order chi connectivity index (χ1) is 13.8. The van der Waals surface area contributed by atoms with E-state index >= 15 is 0 Å². The summed E-state index contributed by atoms with van der Waals surface area (Å²) in [6.07, 6.45) is 1.19. The summed E-state index contributed by atoms with van der Waals surface area (Å²) in [5.41, 5.74) is 2.42. The smallest absolute Gasteiger partial charge is 0.264 e. The fraction of sp³-hybridized carbons (Fsp3) is 0.250. The van der Waals surface area contributed by atoms with E-state index in [0.29, 0.717) is 34.7 Å². The first-order valence-electron chi connectivity index (χ1n) is 9.58. The number of furan rings is 1. The average Bonchev–Trinajstić information content (AvgIpc) is 3.14. The third-order valence-corrected chi connectivity index (χ3v) is 5.55. The zero-order valence-corrected chi connectivity index (χ0v) is 16.7. The van der Waals surface area contributed by atoms with Gasteiger partial charge in [-0.2, -0.15) is 0 Å². The van der Waals surface area contributed by atoms with Crippen LogP contribution in [-0.2, 0) is 16.9 Å². The molecule has 1 aromatic heterocycles. The molecule has 29 heavy (non-hydrogen) atoms. The Morgan fingerprint density at radius 2 is 1.76 bits per heavy atom. The maximum atomic E-state index is 13.3. The van der Waals surface area contributed by atoms with E-state index in [1.807, 2.05) is 37.3 Å². The number of hydrogen-bond acceptors (Lipinski definition) is 4. The van der Waals surface area contributed by atoms with E-state index in [0.717, 1.165) is 11.1 Å². The zero-order valence-electron chi connectivity index (χ0n) is 16.7. The van der Waals surface area contributed by atoms with Gasteiger partial charge >= 0.3 is 0 Å². The molecule has 0 bridgehead atoms. The van der Waals surface area contributed by atoms with Gasteiger partial charge in [0.25, 0.3) is 5.91 Å². The monoisotopic (exact) mass is 389 g/mol. The van der Waals surface area contributed by atoms with Gasteiger partial charge in [-0.1, -0.05) is 48.0 Å². The van der Waals surface area contributed by atoms with E-state index in [2.05, 4.69) is 0 Å². The first-order valence-corrected chi connectivity index (χ1v) is 9.58. The maximum Gasteiger partial charge on any atom is 0.264 e. The number of hydrogen-bond donors (Lipinski definition) is 1. The highest BCUT2D eigenvalue weighted by molar-refractivity contribution is 6.11. The Labute approximate surface area is 169 Å². The SMILES string of the molecule is Cc1ccc(CN2C(=O)C(O)(CC(=O)c3c(C)coc3C)c3ccccc32)cc1. The number of rotatable bonds is 5. The van der Waals surface area contributed by atoms with E-state index in [-0.39, 0.29) is 12.2 Å². The van der Waals surface area contributed by atoms with Crippen molar-refractivity contribution in [3.05, 3.63) is 88.4 Å². The number of carbonyl (C=O) groups is 2. The van der Waals surface area contributed by atoms with Crippen LogP contribution in [0.1, 0.15) is 44.8 Å². The van der Waals surface area contributed by atoms with Crippen LogP contribution in [0.3, 0.4) is 0 Å². The Morgan fingerprint density at radius 1 is 1.07 bits per heavy atom. The molecule has 5 heteroatoms. The minimum absolute atomic E-state index is 0.309. The van der Waals surface area contributed by atoms with Gasteiger partial charge in [0.1, 0.15) is 5.76 Å². The molecule has 1 aliphatic rings. The molecule has 3 aromatic rings. The molecule has 2 aromatic carbocycles. The van der Waals surface area contributed by atoms with Gasteiger partial charge in [0.2, 0.25) is 0 Å². The molecule has 0 aliphatic carbocycles. The van der Waals surface area contributed by atoms with Crippen molar-refractivity contribution in [3.63, 3.8) is 0 Å². The van der Waals surface area contributed by atoms with Crippen LogP contribution in [0.2, 0.25) is 0 Å². The fourth-order valence-corrected chi connectivity index (χ4v) is 4.02. The molecule has 4 rings (SSSR count). The lowest BCUT2D eigenvalue weighted by molar-refractivity contribution is -0.136. The molecule has 1 unspecified atom stereocenters. The lowest BCUT2D eigenvalue weighted by Gasteiger charge is -2.23. The maximum absolute atomic E-state index is 13.3. The topological polar surface area (TPSA) is 70.8 Å². The fourth-order valence-electron chi connectivity index (χ4n) is 4.02. The highest BCUT2D eigenvalue weighted by Crippen LogP contribution is 2.43. The van der Waals surface area contributed by atoms with Crippen LogP contribution in [0.15, 0.2) is 59.2 Å². The Kier molecular flexibility index (Phi) is 4.63. The predicted octanol–water partition coefficient (Wildman–Crippen LogP) is 4.21. The van der Waals surface area contributed by atoms with Crippen molar-refractivity contribution in [2.45, 2.75) is 39.3 Å². The van der Waals surface area contributed by atoms with E-state index in [9.17, 15) is 14.7 Å². The van der Waals surface area contributed by atoms with Crippen LogP contribution in [0, 0.1) is 20.8 Å². The number of anilines is 1. The van der Waals surface area contributed by atoms with Gasteiger partial charge in [0, 0.05) is 5.56 Å². The van der Waals surface area contributed by atoms with Crippen molar-refractivity contribution in [1.82, 2.24) is 0 Å². The van der Waals surface area contributed by atoms with Crippen molar-refractivity contribution in [3.8, 4) is 0 Å². The summed E-state index contributed by atoms with van der Waals surface area (Å²) >= 11 is 0.